The summed E-state index contributed by atoms with van der Waals surface area (Å²) in [7, 11) is 1.64. The second kappa shape index (κ2) is 9.07. The number of carbonyl (C=O) groups is 2. The number of aromatic nitrogens is 6. The van der Waals surface area contributed by atoms with Crippen molar-refractivity contribution in [2.24, 2.45) is 12.8 Å². The van der Waals surface area contributed by atoms with Gasteiger partial charge in [-0.3, -0.25) is 14.3 Å². The van der Waals surface area contributed by atoms with Gasteiger partial charge in [0.15, 0.2) is 11.3 Å². The minimum atomic E-state index is -4.78. The van der Waals surface area contributed by atoms with Gasteiger partial charge in [0.05, 0.1) is 11.9 Å². The fraction of sp³-hybridized carbons (Fsp3) is 0.217. The van der Waals surface area contributed by atoms with Crippen molar-refractivity contribution in [3.05, 3.63) is 57.7 Å². The van der Waals surface area contributed by atoms with E-state index in [-0.39, 0.29) is 37.7 Å². The lowest BCUT2D eigenvalue weighted by molar-refractivity contribution is -0.142. The highest BCUT2D eigenvalue weighted by Gasteiger charge is 2.35. The van der Waals surface area contributed by atoms with Crippen LogP contribution in [0.1, 0.15) is 49.4 Å². The number of rotatable bonds is 5. The molecule has 10 nitrogen and oxygen atoms in total. The van der Waals surface area contributed by atoms with Crippen LogP contribution in [0.5, 0.6) is 0 Å². The van der Waals surface area contributed by atoms with E-state index in [9.17, 15) is 31.5 Å². The molecule has 2 amide bonds. The first-order chi connectivity index (χ1) is 18.3. The van der Waals surface area contributed by atoms with E-state index in [1.165, 1.54) is 17.8 Å². The Balaban J connectivity index is 1.70. The molecule has 5 heterocycles. The highest BCUT2D eigenvalue weighted by Crippen LogP contribution is 2.43. The van der Waals surface area contributed by atoms with Gasteiger partial charge in [0, 0.05) is 35.5 Å². The number of anilines is 1. The van der Waals surface area contributed by atoms with Crippen LogP contribution in [0.4, 0.5) is 27.6 Å². The monoisotopic (exact) mass is 564 g/mol. The van der Waals surface area contributed by atoms with Crippen molar-refractivity contribution in [3.8, 4) is 11.1 Å². The van der Waals surface area contributed by atoms with E-state index in [1.54, 1.807) is 14.0 Å². The zero-order valence-corrected chi connectivity index (χ0v) is 21.1. The van der Waals surface area contributed by atoms with Crippen molar-refractivity contribution in [2.75, 3.05) is 5.32 Å². The summed E-state index contributed by atoms with van der Waals surface area (Å²) in [5, 5.41) is 10.5. The van der Waals surface area contributed by atoms with Crippen LogP contribution in [0, 0.1) is 13.8 Å². The van der Waals surface area contributed by atoms with Gasteiger partial charge < -0.3 is 11.1 Å². The number of hydrogen-bond donors (Lipinski definition) is 2. The molecule has 0 spiro atoms. The van der Waals surface area contributed by atoms with Crippen LogP contribution in [0.3, 0.4) is 0 Å². The summed E-state index contributed by atoms with van der Waals surface area (Å²) >= 11 is 0.687. The highest BCUT2D eigenvalue weighted by atomic mass is 32.1. The molecule has 0 aliphatic heterocycles. The van der Waals surface area contributed by atoms with Gasteiger partial charge in [-0.05, 0) is 31.5 Å². The van der Waals surface area contributed by atoms with E-state index in [1.807, 2.05) is 0 Å². The molecule has 0 fully saturated rings. The summed E-state index contributed by atoms with van der Waals surface area (Å²) in [6.07, 6.45) is -6.29. The predicted octanol–water partition coefficient (Wildman–Crippen LogP) is 4.66. The number of nitrogens with two attached hydrogens (primary N) is 1. The average molecular weight is 565 g/mol. The molecule has 5 rings (SSSR count). The predicted molar refractivity (Wildman–Crippen MR) is 131 cm³/mol. The summed E-state index contributed by atoms with van der Waals surface area (Å²) in [4.78, 5) is 33.3. The van der Waals surface area contributed by atoms with Gasteiger partial charge >= 0.3 is 6.18 Å². The molecule has 0 atom stereocenters. The summed E-state index contributed by atoms with van der Waals surface area (Å²) in [6.45, 7) is 3.06. The van der Waals surface area contributed by atoms with Crippen LogP contribution >= 0.6 is 11.3 Å². The summed E-state index contributed by atoms with van der Waals surface area (Å²) in [5.41, 5.74) is 4.29. The maximum atomic E-state index is 13.7. The Kier molecular flexibility index (Phi) is 6.08. The average Bonchev–Trinajstić information content (AvgIpc) is 3.53. The molecule has 0 unspecified atom stereocenters. The van der Waals surface area contributed by atoms with E-state index < -0.39 is 41.5 Å². The second-order valence-corrected chi connectivity index (χ2v) is 9.55. The van der Waals surface area contributed by atoms with E-state index in [0.717, 1.165) is 18.2 Å². The highest BCUT2D eigenvalue weighted by molar-refractivity contribution is 7.21. The van der Waals surface area contributed by atoms with Gasteiger partial charge in [0.2, 0.25) is 0 Å². The standard InChI is InChI=1S/C23H17F5N8O2S/c1-8-4-14(23(26,27)28)36-15(31-8)6-13(34-36)21(38)33-17-16-10(11-7-30-35(3)9(11)2)5-12(19(24)25)32-22(16)39-18(17)20(29)37/h4-7,19H,1-3H3,(H2,29,37)(H,33,38). The summed E-state index contributed by atoms with van der Waals surface area (Å²) in [6, 6.07) is 2.96. The van der Waals surface area contributed by atoms with Gasteiger partial charge in [-0.15, -0.1) is 11.3 Å². The first kappa shape index (κ1) is 26.1. The zero-order chi connectivity index (χ0) is 28.4. The van der Waals surface area contributed by atoms with Crippen molar-refractivity contribution < 1.29 is 31.5 Å². The Labute approximate surface area is 219 Å². The fourth-order valence-electron chi connectivity index (χ4n) is 4.09. The van der Waals surface area contributed by atoms with Gasteiger partial charge in [0.25, 0.3) is 18.2 Å². The molecule has 39 heavy (non-hydrogen) atoms. The Morgan fingerprint density at radius 2 is 1.82 bits per heavy atom. The molecule has 5 aromatic heterocycles. The number of halogens is 5. The van der Waals surface area contributed by atoms with Crippen LogP contribution in [-0.2, 0) is 13.2 Å². The van der Waals surface area contributed by atoms with Crippen LogP contribution in [0.15, 0.2) is 24.4 Å². The Hall–Kier alpha value is -4.47. The molecule has 5 aromatic rings. The van der Waals surface area contributed by atoms with Crippen LogP contribution in [0.25, 0.3) is 27.0 Å². The second-order valence-electron chi connectivity index (χ2n) is 8.55. The number of thiophene rings is 1. The first-order valence-electron chi connectivity index (χ1n) is 11.1. The molecule has 202 valence electrons. The molecule has 0 aliphatic carbocycles. The van der Waals surface area contributed by atoms with Crippen molar-refractivity contribution >= 4 is 44.7 Å². The molecular weight excluding hydrogens is 547 g/mol. The lowest BCUT2D eigenvalue weighted by atomic mass is 10.0. The van der Waals surface area contributed by atoms with E-state index >= 15 is 0 Å². The van der Waals surface area contributed by atoms with Crippen LogP contribution in [0.2, 0.25) is 0 Å². The quantitative estimate of drug-likeness (QED) is 0.298. The topological polar surface area (TPSA) is 133 Å². The third-order valence-electron chi connectivity index (χ3n) is 5.97. The molecule has 16 heteroatoms. The molecule has 0 aliphatic rings. The largest absolute Gasteiger partial charge is 0.433 e. The summed E-state index contributed by atoms with van der Waals surface area (Å²) < 4.78 is 70.1. The fourth-order valence-corrected chi connectivity index (χ4v) is 5.10. The molecule has 0 saturated carbocycles. The minimum Gasteiger partial charge on any atom is -0.365 e. The number of primary amides is 1. The van der Waals surface area contributed by atoms with Gasteiger partial charge in [-0.25, -0.2) is 23.3 Å². The Bertz CT molecular complexity index is 1800. The molecule has 0 saturated heterocycles. The van der Waals surface area contributed by atoms with Crippen LogP contribution in [-0.4, -0.2) is 41.2 Å². The Morgan fingerprint density at radius 3 is 2.41 bits per heavy atom. The van der Waals surface area contributed by atoms with Crippen molar-refractivity contribution in [3.63, 3.8) is 0 Å². The molecule has 0 aromatic carbocycles. The number of fused-ring (bicyclic) bond motifs is 2. The number of aryl methyl sites for hydroxylation is 2. The number of alkyl halides is 5. The lowest BCUT2D eigenvalue weighted by Crippen LogP contribution is -2.18. The van der Waals surface area contributed by atoms with Gasteiger partial charge in [-0.1, -0.05) is 0 Å². The third kappa shape index (κ3) is 4.45. The number of amides is 2. The number of nitrogens with zero attached hydrogens (tertiary/aromatic N) is 6. The smallest absolute Gasteiger partial charge is 0.365 e. The maximum absolute atomic E-state index is 13.7. The first-order valence-corrected chi connectivity index (χ1v) is 11.9. The van der Waals surface area contributed by atoms with Gasteiger partial charge in [-0.2, -0.15) is 23.4 Å². The van der Waals surface area contributed by atoms with Crippen LogP contribution < -0.4 is 11.1 Å². The third-order valence-corrected chi connectivity index (χ3v) is 7.07. The van der Waals surface area contributed by atoms with E-state index in [2.05, 4.69) is 25.5 Å². The Morgan fingerprint density at radius 1 is 1.10 bits per heavy atom. The molecule has 3 N–H and O–H groups in total. The number of nitrogens with one attached hydrogen (secondary N) is 1. The minimum absolute atomic E-state index is 0.0122. The summed E-state index contributed by atoms with van der Waals surface area (Å²) in [5.74, 6) is -1.97. The lowest BCUT2D eigenvalue weighted by Gasteiger charge is -2.10. The number of pyridine rings is 1. The normalized spacial score (nSPS) is 12.1. The maximum Gasteiger partial charge on any atom is 0.433 e. The SMILES string of the molecule is Cc1cc(C(F)(F)F)n2nc(C(=O)Nc3c(C(N)=O)sc4nc(C(F)F)cc(-c5cnn(C)c5C)c34)cc2n1. The number of hydrogen-bond acceptors (Lipinski definition) is 7. The number of carbonyl (C=O) groups excluding carboxylic acids is 2. The van der Waals surface area contributed by atoms with Crippen molar-refractivity contribution in [2.45, 2.75) is 26.4 Å². The van der Waals surface area contributed by atoms with E-state index in [4.69, 9.17) is 5.73 Å². The molecule has 0 bridgehead atoms. The van der Waals surface area contributed by atoms with E-state index in [0.29, 0.717) is 27.1 Å². The van der Waals surface area contributed by atoms with Crippen molar-refractivity contribution in [1.29, 1.82) is 0 Å². The molecule has 0 radical (unpaired) electrons. The van der Waals surface area contributed by atoms with Crippen molar-refractivity contribution in [1.82, 2.24) is 29.4 Å². The van der Waals surface area contributed by atoms with Gasteiger partial charge in [0.1, 0.15) is 21.1 Å². The zero-order valence-electron chi connectivity index (χ0n) is 20.3. The molecular formula is C23H17F5N8O2S.